The molecule has 0 saturated heterocycles. The number of hydrogen-bond acceptors (Lipinski definition) is 2. The molecular formula is C15H23NO2S. The van der Waals surface area contributed by atoms with E-state index in [0.29, 0.717) is 11.8 Å². The van der Waals surface area contributed by atoms with E-state index in [1.807, 2.05) is 30.3 Å². The lowest BCUT2D eigenvalue weighted by molar-refractivity contribution is 0.227. The SMILES string of the molecule is C[C@@H]1[C@H](C)CCC[C@@H]1NS(=O)(=O)Cc1ccccc1. The molecule has 1 aromatic rings. The van der Waals surface area contributed by atoms with E-state index in [-0.39, 0.29) is 11.8 Å². The van der Waals surface area contributed by atoms with E-state index in [4.69, 9.17) is 0 Å². The summed E-state index contributed by atoms with van der Waals surface area (Å²) < 4.78 is 27.3. The van der Waals surface area contributed by atoms with E-state index in [0.717, 1.165) is 18.4 Å². The zero-order valence-electron chi connectivity index (χ0n) is 11.7. The maximum Gasteiger partial charge on any atom is 0.216 e. The largest absolute Gasteiger partial charge is 0.216 e. The molecular weight excluding hydrogens is 258 g/mol. The molecule has 1 saturated carbocycles. The molecule has 2 rings (SSSR count). The second-order valence-corrected chi connectivity index (χ2v) is 7.49. The Morgan fingerprint density at radius 3 is 2.53 bits per heavy atom. The van der Waals surface area contributed by atoms with Crippen molar-refractivity contribution in [1.82, 2.24) is 4.72 Å². The molecule has 19 heavy (non-hydrogen) atoms. The van der Waals surface area contributed by atoms with Gasteiger partial charge in [-0.3, -0.25) is 0 Å². The summed E-state index contributed by atoms with van der Waals surface area (Å²) in [7, 11) is -3.24. The normalized spacial score (nSPS) is 28.2. The Labute approximate surface area is 116 Å². The zero-order chi connectivity index (χ0) is 13.9. The minimum atomic E-state index is -3.24. The summed E-state index contributed by atoms with van der Waals surface area (Å²) in [5, 5.41) is 0. The predicted octanol–water partition coefficient (Wildman–Crippen LogP) is 2.93. The highest BCUT2D eigenvalue weighted by molar-refractivity contribution is 7.88. The van der Waals surface area contributed by atoms with Crippen LogP contribution in [0.2, 0.25) is 0 Å². The van der Waals surface area contributed by atoms with Gasteiger partial charge in [0.25, 0.3) is 0 Å². The molecule has 0 radical (unpaired) electrons. The van der Waals surface area contributed by atoms with E-state index in [9.17, 15) is 8.42 Å². The lowest BCUT2D eigenvalue weighted by Gasteiger charge is -2.34. The van der Waals surface area contributed by atoms with Gasteiger partial charge in [-0.25, -0.2) is 13.1 Å². The van der Waals surface area contributed by atoms with Crippen LogP contribution in [0.4, 0.5) is 0 Å². The summed E-state index contributed by atoms with van der Waals surface area (Å²) in [6, 6.07) is 9.44. The zero-order valence-corrected chi connectivity index (χ0v) is 12.5. The van der Waals surface area contributed by atoms with Crippen LogP contribution >= 0.6 is 0 Å². The average molecular weight is 281 g/mol. The molecule has 4 heteroatoms. The first-order chi connectivity index (χ1) is 8.98. The Morgan fingerprint density at radius 2 is 1.84 bits per heavy atom. The van der Waals surface area contributed by atoms with E-state index >= 15 is 0 Å². The minimum Gasteiger partial charge on any atom is -0.212 e. The second-order valence-electron chi connectivity index (χ2n) is 5.74. The van der Waals surface area contributed by atoms with Crippen molar-refractivity contribution in [3.8, 4) is 0 Å². The standard InChI is InChI=1S/C15H23NO2S/c1-12-7-6-10-15(13(12)2)16-19(17,18)11-14-8-4-3-5-9-14/h3-5,8-9,12-13,15-16H,6-7,10-11H2,1-2H3/t12-,13-,15+/m1/s1. The number of hydrogen-bond donors (Lipinski definition) is 1. The third kappa shape index (κ3) is 4.05. The fourth-order valence-corrected chi connectivity index (χ4v) is 4.32. The molecule has 106 valence electrons. The summed E-state index contributed by atoms with van der Waals surface area (Å²) in [5.41, 5.74) is 0.839. The molecule has 1 fully saturated rings. The first kappa shape index (κ1) is 14.5. The van der Waals surface area contributed by atoms with Gasteiger partial charge in [0.2, 0.25) is 10.0 Å². The molecule has 1 aliphatic carbocycles. The molecule has 3 nitrogen and oxygen atoms in total. The maximum atomic E-state index is 12.2. The topological polar surface area (TPSA) is 46.2 Å². The van der Waals surface area contributed by atoms with Crippen molar-refractivity contribution in [2.24, 2.45) is 11.8 Å². The molecule has 1 N–H and O–H groups in total. The third-order valence-electron chi connectivity index (χ3n) is 4.24. The van der Waals surface area contributed by atoms with Gasteiger partial charge >= 0.3 is 0 Å². The highest BCUT2D eigenvalue weighted by Gasteiger charge is 2.30. The first-order valence-electron chi connectivity index (χ1n) is 7.02. The summed E-state index contributed by atoms with van der Waals surface area (Å²) in [6.07, 6.45) is 3.28. The van der Waals surface area contributed by atoms with Crippen LogP contribution in [0, 0.1) is 11.8 Å². The molecule has 0 spiro atoms. The number of sulfonamides is 1. The van der Waals surface area contributed by atoms with Crippen LogP contribution in [-0.2, 0) is 15.8 Å². The Hall–Kier alpha value is -0.870. The van der Waals surface area contributed by atoms with Crippen molar-refractivity contribution >= 4 is 10.0 Å². The van der Waals surface area contributed by atoms with Gasteiger partial charge in [0.15, 0.2) is 0 Å². The smallest absolute Gasteiger partial charge is 0.212 e. The third-order valence-corrected chi connectivity index (χ3v) is 5.61. The average Bonchev–Trinajstić information content (AvgIpc) is 2.35. The van der Waals surface area contributed by atoms with Gasteiger partial charge in [0.1, 0.15) is 0 Å². The van der Waals surface area contributed by atoms with Gasteiger partial charge in [-0.2, -0.15) is 0 Å². The molecule has 0 aromatic heterocycles. The summed E-state index contributed by atoms with van der Waals surface area (Å²) in [6.45, 7) is 4.36. The van der Waals surface area contributed by atoms with Crippen LogP contribution in [0.1, 0.15) is 38.7 Å². The van der Waals surface area contributed by atoms with Gasteiger partial charge in [-0.05, 0) is 23.8 Å². The van der Waals surface area contributed by atoms with Crippen molar-refractivity contribution < 1.29 is 8.42 Å². The van der Waals surface area contributed by atoms with Crippen LogP contribution in [0.5, 0.6) is 0 Å². The second kappa shape index (κ2) is 6.06. The molecule has 0 bridgehead atoms. The summed E-state index contributed by atoms with van der Waals surface area (Å²) in [5.74, 6) is 1.09. The highest BCUT2D eigenvalue weighted by atomic mass is 32.2. The van der Waals surface area contributed by atoms with Crippen molar-refractivity contribution in [2.75, 3.05) is 0 Å². The Balaban J connectivity index is 2.01. The van der Waals surface area contributed by atoms with E-state index < -0.39 is 10.0 Å². The van der Waals surface area contributed by atoms with Crippen molar-refractivity contribution in [2.45, 2.75) is 44.9 Å². The van der Waals surface area contributed by atoms with Crippen LogP contribution in [0.15, 0.2) is 30.3 Å². The molecule has 0 unspecified atom stereocenters. The van der Waals surface area contributed by atoms with Crippen LogP contribution in [0.3, 0.4) is 0 Å². The van der Waals surface area contributed by atoms with Crippen molar-refractivity contribution in [3.05, 3.63) is 35.9 Å². The number of nitrogens with one attached hydrogen (secondary N) is 1. The lowest BCUT2D eigenvalue weighted by atomic mass is 9.78. The molecule has 0 heterocycles. The monoisotopic (exact) mass is 281 g/mol. The molecule has 1 aliphatic rings. The number of benzene rings is 1. The van der Waals surface area contributed by atoms with Crippen molar-refractivity contribution in [3.63, 3.8) is 0 Å². The molecule has 3 atom stereocenters. The Morgan fingerprint density at radius 1 is 1.16 bits per heavy atom. The van der Waals surface area contributed by atoms with Crippen LogP contribution in [0.25, 0.3) is 0 Å². The highest BCUT2D eigenvalue weighted by Crippen LogP contribution is 2.30. The molecule has 0 amide bonds. The van der Waals surface area contributed by atoms with E-state index in [2.05, 4.69) is 18.6 Å². The molecule has 0 aliphatic heterocycles. The van der Waals surface area contributed by atoms with Crippen molar-refractivity contribution in [1.29, 1.82) is 0 Å². The predicted molar refractivity (Wildman–Crippen MR) is 78.2 cm³/mol. The fourth-order valence-electron chi connectivity index (χ4n) is 2.81. The van der Waals surface area contributed by atoms with Crippen LogP contribution in [-0.4, -0.2) is 14.5 Å². The first-order valence-corrected chi connectivity index (χ1v) is 8.67. The Bertz CT molecular complexity index is 498. The van der Waals surface area contributed by atoms with Crippen LogP contribution < -0.4 is 4.72 Å². The summed E-state index contributed by atoms with van der Waals surface area (Å²) in [4.78, 5) is 0. The van der Waals surface area contributed by atoms with Gasteiger partial charge in [-0.1, -0.05) is 57.0 Å². The van der Waals surface area contributed by atoms with E-state index in [1.165, 1.54) is 6.42 Å². The van der Waals surface area contributed by atoms with E-state index in [1.54, 1.807) is 0 Å². The lowest BCUT2D eigenvalue weighted by Crippen LogP contribution is -2.44. The maximum absolute atomic E-state index is 12.2. The number of rotatable bonds is 4. The van der Waals surface area contributed by atoms with Gasteiger partial charge in [-0.15, -0.1) is 0 Å². The van der Waals surface area contributed by atoms with Gasteiger partial charge in [0.05, 0.1) is 5.75 Å². The minimum absolute atomic E-state index is 0.0748. The quantitative estimate of drug-likeness (QED) is 0.922. The van der Waals surface area contributed by atoms with Gasteiger partial charge in [0, 0.05) is 6.04 Å². The fraction of sp³-hybridized carbons (Fsp3) is 0.600. The Kier molecular flexibility index (Phi) is 4.63. The molecule has 1 aromatic carbocycles. The summed E-state index contributed by atoms with van der Waals surface area (Å²) >= 11 is 0. The van der Waals surface area contributed by atoms with Gasteiger partial charge < -0.3 is 0 Å².